The largest absolute Gasteiger partial charge is 0.379 e. The van der Waals surface area contributed by atoms with Gasteiger partial charge in [-0.15, -0.1) is 24.0 Å². The number of hydrogen-bond acceptors (Lipinski definition) is 4. The molecule has 0 atom stereocenters. The van der Waals surface area contributed by atoms with Crippen LogP contribution in [0.3, 0.4) is 0 Å². The van der Waals surface area contributed by atoms with Crippen LogP contribution in [0.4, 0.5) is 0 Å². The van der Waals surface area contributed by atoms with Crippen LogP contribution in [0.15, 0.2) is 35.3 Å². The topological polar surface area (TPSA) is 49.3 Å². The Balaban J connectivity index is 0.00000363. The van der Waals surface area contributed by atoms with Crippen molar-refractivity contribution in [2.45, 2.75) is 51.7 Å². The Hall–Kier alpha value is -0.900. The molecular formula is C25H43IN4O2. The van der Waals surface area contributed by atoms with Crippen LogP contribution in [-0.2, 0) is 16.0 Å². The Morgan fingerprint density at radius 3 is 2.56 bits per heavy atom. The number of likely N-dealkylation sites (N-methyl/N-ethyl adjacent to an activating group) is 1. The molecule has 1 aromatic rings. The maximum Gasteiger partial charge on any atom is 0.193 e. The van der Waals surface area contributed by atoms with E-state index >= 15 is 0 Å². The molecule has 0 radical (unpaired) electrons. The van der Waals surface area contributed by atoms with E-state index in [2.05, 4.69) is 59.4 Å². The van der Waals surface area contributed by atoms with Crippen molar-refractivity contribution in [3.8, 4) is 0 Å². The summed E-state index contributed by atoms with van der Waals surface area (Å²) in [5.74, 6) is 1.79. The highest BCUT2D eigenvalue weighted by molar-refractivity contribution is 14.0. The highest BCUT2D eigenvalue weighted by Crippen LogP contribution is 2.28. The fraction of sp³-hybridized carbons (Fsp3) is 0.720. The number of aliphatic imine (C=N–C) groups is 1. The van der Waals surface area contributed by atoms with Crippen molar-refractivity contribution in [2.24, 2.45) is 10.9 Å². The quantitative estimate of drug-likeness (QED) is 0.172. The van der Waals surface area contributed by atoms with Gasteiger partial charge in [-0.2, -0.15) is 0 Å². The Morgan fingerprint density at radius 1 is 1.12 bits per heavy atom. The predicted octanol–water partition coefficient (Wildman–Crippen LogP) is 4.00. The summed E-state index contributed by atoms with van der Waals surface area (Å²) in [5, 5.41) is 3.38. The summed E-state index contributed by atoms with van der Waals surface area (Å²) in [5.41, 5.74) is 1.40. The SMILES string of the molecule is CCNC(=NCCCOC1CCN(Cc2ccccc2)CC1)N(C)CCOCC1CC1.I. The lowest BCUT2D eigenvalue weighted by atomic mass is 10.1. The fourth-order valence-electron chi connectivity index (χ4n) is 3.89. The Kier molecular flexibility index (Phi) is 13.5. The molecule has 32 heavy (non-hydrogen) atoms. The monoisotopic (exact) mass is 558 g/mol. The van der Waals surface area contributed by atoms with E-state index in [9.17, 15) is 0 Å². The molecule has 0 unspecified atom stereocenters. The van der Waals surface area contributed by atoms with Crippen molar-refractivity contribution in [3.05, 3.63) is 35.9 Å². The molecular weight excluding hydrogens is 515 g/mol. The van der Waals surface area contributed by atoms with E-state index in [1.165, 1.54) is 18.4 Å². The van der Waals surface area contributed by atoms with Gasteiger partial charge < -0.3 is 19.7 Å². The molecule has 1 saturated carbocycles. The maximum atomic E-state index is 6.14. The lowest BCUT2D eigenvalue weighted by molar-refractivity contribution is 0.00564. The minimum Gasteiger partial charge on any atom is -0.379 e. The minimum atomic E-state index is 0. The van der Waals surface area contributed by atoms with Crippen LogP contribution in [0.25, 0.3) is 0 Å². The van der Waals surface area contributed by atoms with E-state index in [4.69, 9.17) is 14.5 Å². The van der Waals surface area contributed by atoms with Crippen molar-refractivity contribution >= 4 is 29.9 Å². The number of hydrogen-bond donors (Lipinski definition) is 1. The molecule has 7 heteroatoms. The smallest absolute Gasteiger partial charge is 0.193 e. The van der Waals surface area contributed by atoms with Crippen molar-refractivity contribution in [3.63, 3.8) is 0 Å². The van der Waals surface area contributed by atoms with Crippen LogP contribution in [0.2, 0.25) is 0 Å². The van der Waals surface area contributed by atoms with Gasteiger partial charge in [0.25, 0.3) is 0 Å². The fourth-order valence-corrected chi connectivity index (χ4v) is 3.89. The molecule has 1 saturated heterocycles. The van der Waals surface area contributed by atoms with Gasteiger partial charge in [-0.1, -0.05) is 30.3 Å². The summed E-state index contributed by atoms with van der Waals surface area (Å²) in [6.07, 6.45) is 6.30. The Labute approximate surface area is 212 Å². The first-order valence-electron chi connectivity index (χ1n) is 12.2. The number of ether oxygens (including phenoxy) is 2. The number of benzene rings is 1. The molecule has 182 valence electrons. The van der Waals surface area contributed by atoms with E-state index in [0.29, 0.717) is 6.10 Å². The average molecular weight is 559 g/mol. The normalized spacial score (nSPS) is 17.8. The van der Waals surface area contributed by atoms with Crippen molar-refractivity contribution in [2.75, 3.05) is 59.6 Å². The van der Waals surface area contributed by atoms with E-state index in [1.807, 2.05) is 0 Å². The minimum absolute atomic E-state index is 0. The summed E-state index contributed by atoms with van der Waals surface area (Å²) < 4.78 is 11.9. The molecule has 6 nitrogen and oxygen atoms in total. The summed E-state index contributed by atoms with van der Waals surface area (Å²) in [6, 6.07) is 10.7. The number of nitrogens with zero attached hydrogens (tertiary/aromatic N) is 3. The van der Waals surface area contributed by atoms with Crippen LogP contribution >= 0.6 is 24.0 Å². The third-order valence-electron chi connectivity index (χ3n) is 6.02. The number of guanidine groups is 1. The first-order valence-corrected chi connectivity index (χ1v) is 12.2. The van der Waals surface area contributed by atoms with Crippen LogP contribution in [0, 0.1) is 5.92 Å². The van der Waals surface area contributed by atoms with Crippen LogP contribution in [-0.4, -0.2) is 81.5 Å². The second kappa shape index (κ2) is 15.9. The van der Waals surface area contributed by atoms with Crippen molar-refractivity contribution in [1.82, 2.24) is 15.1 Å². The van der Waals surface area contributed by atoms with Gasteiger partial charge in [0.15, 0.2) is 5.96 Å². The van der Waals surface area contributed by atoms with Gasteiger partial charge in [-0.25, -0.2) is 0 Å². The number of rotatable bonds is 13. The van der Waals surface area contributed by atoms with E-state index in [-0.39, 0.29) is 24.0 Å². The molecule has 1 N–H and O–H groups in total. The lowest BCUT2D eigenvalue weighted by Gasteiger charge is -2.31. The molecule has 1 aliphatic carbocycles. The number of nitrogens with one attached hydrogen (secondary N) is 1. The zero-order valence-corrected chi connectivity index (χ0v) is 22.3. The molecule has 3 rings (SSSR count). The first-order chi connectivity index (χ1) is 15.2. The molecule has 1 aliphatic heterocycles. The highest BCUT2D eigenvalue weighted by Gasteiger charge is 2.21. The summed E-state index contributed by atoms with van der Waals surface area (Å²) in [6.45, 7) is 10.4. The average Bonchev–Trinajstić information content (AvgIpc) is 3.62. The second-order valence-corrected chi connectivity index (χ2v) is 8.86. The third-order valence-corrected chi connectivity index (χ3v) is 6.02. The summed E-state index contributed by atoms with van der Waals surface area (Å²) >= 11 is 0. The van der Waals surface area contributed by atoms with Crippen LogP contribution in [0.5, 0.6) is 0 Å². The molecule has 0 bridgehead atoms. The van der Waals surface area contributed by atoms with Crippen molar-refractivity contribution in [1.29, 1.82) is 0 Å². The second-order valence-electron chi connectivity index (χ2n) is 8.86. The van der Waals surface area contributed by atoms with E-state index in [0.717, 1.165) is 90.2 Å². The zero-order chi connectivity index (χ0) is 21.7. The zero-order valence-electron chi connectivity index (χ0n) is 20.0. The van der Waals surface area contributed by atoms with Gasteiger partial charge in [0.2, 0.25) is 0 Å². The van der Waals surface area contributed by atoms with Crippen LogP contribution in [0.1, 0.15) is 44.6 Å². The van der Waals surface area contributed by atoms with E-state index in [1.54, 1.807) is 0 Å². The Bertz CT molecular complexity index is 634. The van der Waals surface area contributed by atoms with E-state index < -0.39 is 0 Å². The molecule has 1 aromatic carbocycles. The third kappa shape index (κ3) is 10.8. The molecule has 0 amide bonds. The molecule has 2 fully saturated rings. The number of piperidine rings is 1. The number of likely N-dealkylation sites (tertiary alicyclic amines) is 1. The van der Waals surface area contributed by atoms with Crippen LogP contribution < -0.4 is 5.32 Å². The van der Waals surface area contributed by atoms with Gasteiger partial charge in [-0.3, -0.25) is 9.89 Å². The van der Waals surface area contributed by atoms with Gasteiger partial charge in [0, 0.05) is 59.5 Å². The summed E-state index contributed by atoms with van der Waals surface area (Å²) in [4.78, 5) is 9.47. The maximum absolute atomic E-state index is 6.14. The molecule has 2 aliphatic rings. The van der Waals surface area contributed by atoms with Gasteiger partial charge >= 0.3 is 0 Å². The predicted molar refractivity (Wildman–Crippen MR) is 143 cm³/mol. The standard InChI is InChI=1S/C25H42N4O2.HI/c1-3-26-25(28(2)17-19-30-21-23-10-11-23)27-14-7-18-31-24-12-15-29(16-13-24)20-22-8-5-4-6-9-22;/h4-6,8-9,23-24H,3,7,10-21H2,1-2H3,(H,26,27);1H. The van der Waals surface area contributed by atoms with Gasteiger partial charge in [0.1, 0.15) is 0 Å². The highest BCUT2D eigenvalue weighted by atomic mass is 127. The molecule has 1 heterocycles. The molecule has 0 aromatic heterocycles. The lowest BCUT2D eigenvalue weighted by Crippen LogP contribution is -2.40. The first kappa shape index (κ1) is 27.3. The van der Waals surface area contributed by atoms with Crippen molar-refractivity contribution < 1.29 is 9.47 Å². The summed E-state index contributed by atoms with van der Waals surface area (Å²) in [7, 11) is 2.09. The molecule has 0 spiro atoms. The van der Waals surface area contributed by atoms with Gasteiger partial charge in [-0.05, 0) is 50.5 Å². The number of halogens is 1. The van der Waals surface area contributed by atoms with Gasteiger partial charge in [0.05, 0.1) is 12.7 Å². The Morgan fingerprint density at radius 2 is 1.88 bits per heavy atom.